The molecular weight excluding hydrogens is 229 g/mol. The van der Waals surface area contributed by atoms with Gasteiger partial charge in [-0.3, -0.25) is 4.68 Å². The molecule has 86 valence electrons. The zero-order valence-corrected chi connectivity index (χ0v) is 9.23. The molecule has 0 atom stereocenters. The second-order valence-corrected chi connectivity index (χ2v) is 3.65. The van der Waals surface area contributed by atoms with Crippen LogP contribution in [0.3, 0.4) is 0 Å². The van der Waals surface area contributed by atoms with Crippen LogP contribution < -0.4 is 0 Å². The number of aromatic nitrogens is 2. The van der Waals surface area contributed by atoms with Crippen LogP contribution in [0.5, 0.6) is 0 Å². The highest BCUT2D eigenvalue weighted by atomic mass is 35.5. The Morgan fingerprint density at radius 2 is 1.93 bits per heavy atom. The van der Waals surface area contributed by atoms with Gasteiger partial charge in [0.05, 0.1) is 6.04 Å². The highest BCUT2D eigenvalue weighted by molar-refractivity contribution is 6.29. The first-order valence-corrected chi connectivity index (χ1v) is 5.10. The maximum Gasteiger partial charge on any atom is 0.435 e. The average molecular weight is 241 g/mol. The van der Waals surface area contributed by atoms with Gasteiger partial charge in [0, 0.05) is 6.07 Å². The fraction of sp³-hybridized carbons (Fsp3) is 0.667. The SMILES string of the molecule is CCC(CC)n1nc(C(F)(F)F)cc1Cl. The van der Waals surface area contributed by atoms with Crippen molar-refractivity contribution in [2.75, 3.05) is 0 Å². The average Bonchev–Trinajstić information content (AvgIpc) is 2.50. The van der Waals surface area contributed by atoms with E-state index in [1.165, 1.54) is 4.68 Å². The van der Waals surface area contributed by atoms with E-state index < -0.39 is 11.9 Å². The second-order valence-electron chi connectivity index (χ2n) is 3.26. The summed E-state index contributed by atoms with van der Waals surface area (Å²) in [5.74, 6) is 0. The minimum Gasteiger partial charge on any atom is -0.250 e. The molecule has 0 spiro atoms. The highest BCUT2D eigenvalue weighted by Gasteiger charge is 2.35. The van der Waals surface area contributed by atoms with Crippen LogP contribution in [0.25, 0.3) is 0 Å². The second kappa shape index (κ2) is 4.43. The van der Waals surface area contributed by atoms with E-state index in [9.17, 15) is 13.2 Å². The molecule has 1 aromatic heterocycles. The number of hydrogen-bond acceptors (Lipinski definition) is 1. The molecule has 0 saturated carbocycles. The Labute approximate surface area is 91.0 Å². The minimum absolute atomic E-state index is 0.0380. The van der Waals surface area contributed by atoms with Gasteiger partial charge in [-0.25, -0.2) is 0 Å². The van der Waals surface area contributed by atoms with Gasteiger partial charge in [-0.15, -0.1) is 0 Å². The monoisotopic (exact) mass is 240 g/mol. The van der Waals surface area contributed by atoms with Crippen molar-refractivity contribution in [3.8, 4) is 0 Å². The third kappa shape index (κ3) is 2.65. The van der Waals surface area contributed by atoms with Gasteiger partial charge in [0.1, 0.15) is 5.15 Å². The Kier molecular flexibility index (Phi) is 3.65. The Bertz CT molecular complexity index is 329. The van der Waals surface area contributed by atoms with Crippen molar-refractivity contribution in [3.63, 3.8) is 0 Å². The highest BCUT2D eigenvalue weighted by Crippen LogP contribution is 2.31. The lowest BCUT2D eigenvalue weighted by atomic mass is 10.2. The zero-order chi connectivity index (χ0) is 11.6. The summed E-state index contributed by atoms with van der Waals surface area (Å²) in [6.45, 7) is 3.78. The van der Waals surface area contributed by atoms with E-state index in [4.69, 9.17) is 11.6 Å². The van der Waals surface area contributed by atoms with Crippen LogP contribution in [0.15, 0.2) is 6.07 Å². The summed E-state index contributed by atoms with van der Waals surface area (Å²) in [7, 11) is 0. The Morgan fingerprint density at radius 3 is 2.27 bits per heavy atom. The standard InChI is InChI=1S/C9H12ClF3N2/c1-3-6(4-2)15-8(10)5-7(14-15)9(11,12)13/h5-6H,3-4H2,1-2H3. The normalized spacial score (nSPS) is 12.5. The molecule has 1 heterocycles. The molecule has 0 unspecified atom stereocenters. The van der Waals surface area contributed by atoms with Crippen LogP contribution in [0.2, 0.25) is 5.15 Å². The van der Waals surface area contributed by atoms with Crippen LogP contribution in [0.4, 0.5) is 13.2 Å². The summed E-state index contributed by atoms with van der Waals surface area (Å²) in [5.41, 5.74) is -0.931. The van der Waals surface area contributed by atoms with E-state index in [1.807, 2.05) is 13.8 Å². The molecule has 0 aliphatic carbocycles. The molecule has 1 rings (SSSR count). The topological polar surface area (TPSA) is 17.8 Å². The molecule has 1 aromatic rings. The molecule has 0 N–H and O–H groups in total. The molecule has 0 aromatic carbocycles. The molecule has 0 radical (unpaired) electrons. The van der Waals surface area contributed by atoms with Crippen LogP contribution in [-0.2, 0) is 6.18 Å². The van der Waals surface area contributed by atoms with Gasteiger partial charge in [0.25, 0.3) is 0 Å². The lowest BCUT2D eigenvalue weighted by Gasteiger charge is -2.13. The first-order valence-electron chi connectivity index (χ1n) is 4.72. The number of alkyl halides is 3. The van der Waals surface area contributed by atoms with Crippen LogP contribution >= 0.6 is 11.6 Å². The molecule has 15 heavy (non-hydrogen) atoms. The molecule has 0 bridgehead atoms. The summed E-state index contributed by atoms with van der Waals surface area (Å²) in [6, 6.07) is 0.786. The van der Waals surface area contributed by atoms with Gasteiger partial charge in [0.15, 0.2) is 5.69 Å². The molecule has 0 saturated heterocycles. The van der Waals surface area contributed by atoms with Crippen LogP contribution in [-0.4, -0.2) is 9.78 Å². The predicted molar refractivity (Wildman–Crippen MR) is 51.9 cm³/mol. The smallest absolute Gasteiger partial charge is 0.250 e. The van der Waals surface area contributed by atoms with Gasteiger partial charge in [-0.2, -0.15) is 18.3 Å². The van der Waals surface area contributed by atoms with Crippen molar-refractivity contribution in [2.24, 2.45) is 0 Å². The van der Waals surface area contributed by atoms with Gasteiger partial charge >= 0.3 is 6.18 Å². The first-order chi connectivity index (χ1) is 6.90. The van der Waals surface area contributed by atoms with E-state index in [1.54, 1.807) is 0 Å². The van der Waals surface area contributed by atoms with E-state index in [0.29, 0.717) is 12.8 Å². The summed E-state index contributed by atoms with van der Waals surface area (Å²) >= 11 is 5.70. The van der Waals surface area contributed by atoms with Gasteiger partial charge < -0.3 is 0 Å². The summed E-state index contributed by atoms with van der Waals surface area (Å²) in [6.07, 6.45) is -3.02. The number of rotatable bonds is 3. The molecule has 6 heteroatoms. The number of nitrogens with zero attached hydrogens (tertiary/aromatic N) is 2. The number of halogens is 4. The zero-order valence-electron chi connectivity index (χ0n) is 8.48. The van der Waals surface area contributed by atoms with E-state index in [2.05, 4.69) is 5.10 Å². The Morgan fingerprint density at radius 1 is 1.40 bits per heavy atom. The maximum absolute atomic E-state index is 12.3. The van der Waals surface area contributed by atoms with Crippen molar-refractivity contribution in [1.29, 1.82) is 0 Å². The van der Waals surface area contributed by atoms with Gasteiger partial charge in [0.2, 0.25) is 0 Å². The van der Waals surface area contributed by atoms with Crippen molar-refractivity contribution in [1.82, 2.24) is 9.78 Å². The minimum atomic E-state index is -4.43. The largest absolute Gasteiger partial charge is 0.435 e. The van der Waals surface area contributed by atoms with Crippen molar-refractivity contribution in [2.45, 2.75) is 38.9 Å². The quantitative estimate of drug-likeness (QED) is 0.783. The lowest BCUT2D eigenvalue weighted by molar-refractivity contribution is -0.141. The van der Waals surface area contributed by atoms with Crippen LogP contribution in [0, 0.1) is 0 Å². The first kappa shape index (κ1) is 12.4. The Balaban J connectivity index is 3.06. The maximum atomic E-state index is 12.3. The molecule has 0 amide bonds. The van der Waals surface area contributed by atoms with Crippen LogP contribution in [0.1, 0.15) is 38.4 Å². The Hall–Kier alpha value is -0.710. The van der Waals surface area contributed by atoms with Crippen molar-refractivity contribution in [3.05, 3.63) is 16.9 Å². The molecule has 0 aliphatic heterocycles. The number of hydrogen-bond donors (Lipinski definition) is 0. The fourth-order valence-corrected chi connectivity index (χ4v) is 1.68. The lowest BCUT2D eigenvalue weighted by Crippen LogP contribution is -2.12. The van der Waals surface area contributed by atoms with E-state index in [-0.39, 0.29) is 11.2 Å². The molecular formula is C9H12ClF3N2. The summed E-state index contributed by atoms with van der Waals surface area (Å²) < 4.78 is 38.2. The fourth-order valence-electron chi connectivity index (χ4n) is 1.40. The van der Waals surface area contributed by atoms with Gasteiger partial charge in [-0.05, 0) is 12.8 Å². The summed E-state index contributed by atoms with van der Waals surface area (Å²) in [4.78, 5) is 0. The molecule has 0 aliphatic rings. The molecule has 2 nitrogen and oxygen atoms in total. The predicted octanol–water partition coefficient (Wildman–Crippen LogP) is 3.92. The van der Waals surface area contributed by atoms with Crippen molar-refractivity contribution < 1.29 is 13.2 Å². The van der Waals surface area contributed by atoms with E-state index >= 15 is 0 Å². The van der Waals surface area contributed by atoms with E-state index in [0.717, 1.165) is 6.07 Å². The third-order valence-electron chi connectivity index (χ3n) is 2.27. The molecule has 0 fully saturated rings. The van der Waals surface area contributed by atoms with Gasteiger partial charge in [-0.1, -0.05) is 25.4 Å². The third-order valence-corrected chi connectivity index (χ3v) is 2.55. The van der Waals surface area contributed by atoms with Crippen molar-refractivity contribution >= 4 is 11.6 Å². The summed E-state index contributed by atoms with van der Waals surface area (Å²) in [5, 5.41) is 3.52.